The zero-order chi connectivity index (χ0) is 13.7. The van der Waals surface area contributed by atoms with Crippen molar-refractivity contribution < 1.29 is 4.79 Å². The zero-order valence-corrected chi connectivity index (χ0v) is 12.0. The number of nitrogens with one attached hydrogen (secondary N) is 1. The molecular formula is C15H19ClN2O. The first-order valence-corrected chi connectivity index (χ1v) is 7.13. The summed E-state index contributed by atoms with van der Waals surface area (Å²) in [6.07, 6.45) is 8.19. The number of halogens is 1. The van der Waals surface area contributed by atoms with Gasteiger partial charge in [0.25, 0.3) is 5.91 Å². The number of hydrogen-bond donors (Lipinski definition) is 1. The lowest BCUT2D eigenvalue weighted by atomic mass is 9.97. The molecule has 0 bridgehead atoms. The lowest BCUT2D eigenvalue weighted by molar-refractivity contribution is 0.0954. The molecule has 0 spiro atoms. The number of aromatic nitrogens is 1. The molecule has 3 nitrogen and oxygen atoms in total. The van der Waals surface area contributed by atoms with Crippen molar-refractivity contribution in [1.29, 1.82) is 0 Å². The van der Waals surface area contributed by atoms with Crippen LogP contribution in [0.15, 0.2) is 23.8 Å². The molecular weight excluding hydrogens is 260 g/mol. The monoisotopic (exact) mass is 278 g/mol. The molecule has 0 fully saturated rings. The van der Waals surface area contributed by atoms with Crippen LogP contribution in [-0.4, -0.2) is 17.4 Å². The standard InChI is InChI=1S/C15H19ClN2O/c1-11-9-13(10-14(16)18-11)15(19)17-8-7-12-5-3-2-4-6-12/h5,9-10H,2-4,6-8H2,1H3,(H,17,19). The normalized spacial score (nSPS) is 14.9. The van der Waals surface area contributed by atoms with Gasteiger partial charge in [-0.2, -0.15) is 0 Å². The fourth-order valence-electron chi connectivity index (χ4n) is 2.33. The van der Waals surface area contributed by atoms with Gasteiger partial charge in [-0.3, -0.25) is 4.79 Å². The van der Waals surface area contributed by atoms with Crippen LogP contribution in [0.4, 0.5) is 0 Å². The van der Waals surface area contributed by atoms with Crippen LogP contribution in [0.2, 0.25) is 5.15 Å². The van der Waals surface area contributed by atoms with Gasteiger partial charge in [-0.1, -0.05) is 23.3 Å². The van der Waals surface area contributed by atoms with Crippen molar-refractivity contribution >= 4 is 17.5 Å². The smallest absolute Gasteiger partial charge is 0.251 e. The number of pyridine rings is 1. The number of amides is 1. The number of nitrogens with zero attached hydrogens (tertiary/aromatic N) is 1. The highest BCUT2D eigenvalue weighted by Crippen LogP contribution is 2.19. The summed E-state index contributed by atoms with van der Waals surface area (Å²) in [5.74, 6) is -0.0798. The van der Waals surface area contributed by atoms with Crippen LogP contribution < -0.4 is 5.32 Å². The van der Waals surface area contributed by atoms with E-state index in [9.17, 15) is 4.79 Å². The SMILES string of the molecule is Cc1cc(C(=O)NCCC2=CCCCC2)cc(Cl)n1. The summed E-state index contributed by atoms with van der Waals surface area (Å²) >= 11 is 5.85. The van der Waals surface area contributed by atoms with Crippen LogP contribution in [0.25, 0.3) is 0 Å². The van der Waals surface area contributed by atoms with Gasteiger partial charge in [-0.05, 0) is 51.2 Å². The quantitative estimate of drug-likeness (QED) is 0.674. The van der Waals surface area contributed by atoms with Crippen LogP contribution in [0.1, 0.15) is 48.2 Å². The minimum atomic E-state index is -0.0798. The Morgan fingerprint density at radius 2 is 2.26 bits per heavy atom. The van der Waals surface area contributed by atoms with Crippen molar-refractivity contribution in [2.45, 2.75) is 39.0 Å². The average Bonchev–Trinajstić information content (AvgIpc) is 2.38. The average molecular weight is 279 g/mol. The van der Waals surface area contributed by atoms with Gasteiger partial charge < -0.3 is 5.32 Å². The van der Waals surface area contributed by atoms with Crippen molar-refractivity contribution in [1.82, 2.24) is 10.3 Å². The van der Waals surface area contributed by atoms with E-state index in [-0.39, 0.29) is 5.91 Å². The highest BCUT2D eigenvalue weighted by molar-refractivity contribution is 6.29. The van der Waals surface area contributed by atoms with Gasteiger partial charge in [0.05, 0.1) is 0 Å². The first kappa shape index (κ1) is 14.1. The van der Waals surface area contributed by atoms with E-state index in [1.165, 1.54) is 31.3 Å². The second-order valence-corrected chi connectivity index (χ2v) is 5.32. The molecule has 0 atom stereocenters. The van der Waals surface area contributed by atoms with Crippen LogP contribution in [-0.2, 0) is 0 Å². The second kappa shape index (κ2) is 6.71. The molecule has 1 aliphatic carbocycles. The third-order valence-corrected chi connectivity index (χ3v) is 3.49. The summed E-state index contributed by atoms with van der Waals surface area (Å²) in [5, 5.41) is 3.30. The van der Waals surface area contributed by atoms with Gasteiger partial charge in [0.1, 0.15) is 5.15 Å². The van der Waals surface area contributed by atoms with Crippen LogP contribution in [0.3, 0.4) is 0 Å². The molecule has 102 valence electrons. The fraction of sp³-hybridized carbons (Fsp3) is 0.467. The number of aryl methyl sites for hydroxylation is 1. The van der Waals surface area contributed by atoms with Crippen molar-refractivity contribution in [3.05, 3.63) is 40.2 Å². The van der Waals surface area contributed by atoms with Gasteiger partial charge >= 0.3 is 0 Å². The molecule has 1 heterocycles. The molecule has 1 aliphatic rings. The molecule has 0 saturated carbocycles. The minimum Gasteiger partial charge on any atom is -0.352 e. The summed E-state index contributed by atoms with van der Waals surface area (Å²) in [7, 11) is 0. The summed E-state index contributed by atoms with van der Waals surface area (Å²) in [6, 6.07) is 3.35. The summed E-state index contributed by atoms with van der Waals surface area (Å²) in [4.78, 5) is 16.0. The molecule has 2 rings (SSSR count). The molecule has 1 aromatic rings. The van der Waals surface area contributed by atoms with Crippen molar-refractivity contribution in [2.75, 3.05) is 6.54 Å². The van der Waals surface area contributed by atoms with E-state index in [2.05, 4.69) is 16.4 Å². The highest BCUT2D eigenvalue weighted by Gasteiger charge is 2.08. The second-order valence-electron chi connectivity index (χ2n) is 4.93. The Bertz CT molecular complexity index is 477. The van der Waals surface area contributed by atoms with Crippen molar-refractivity contribution in [3.63, 3.8) is 0 Å². The van der Waals surface area contributed by atoms with Gasteiger partial charge in [0, 0.05) is 17.8 Å². The van der Waals surface area contributed by atoms with Crippen LogP contribution in [0.5, 0.6) is 0 Å². The van der Waals surface area contributed by atoms with Crippen molar-refractivity contribution in [2.24, 2.45) is 0 Å². The number of carbonyl (C=O) groups is 1. The first-order chi connectivity index (χ1) is 9.15. The van der Waals surface area contributed by atoms with Gasteiger partial charge in [-0.15, -0.1) is 0 Å². The van der Waals surface area contributed by atoms with E-state index >= 15 is 0 Å². The lowest BCUT2D eigenvalue weighted by Crippen LogP contribution is -2.25. The highest BCUT2D eigenvalue weighted by atomic mass is 35.5. The lowest BCUT2D eigenvalue weighted by Gasteiger charge is -2.13. The summed E-state index contributed by atoms with van der Waals surface area (Å²) < 4.78 is 0. The number of hydrogen-bond acceptors (Lipinski definition) is 2. The van der Waals surface area contributed by atoms with E-state index in [0.717, 1.165) is 12.1 Å². The zero-order valence-electron chi connectivity index (χ0n) is 11.2. The van der Waals surface area contributed by atoms with E-state index < -0.39 is 0 Å². The van der Waals surface area contributed by atoms with E-state index in [4.69, 9.17) is 11.6 Å². The Kier molecular flexibility index (Phi) is 4.97. The predicted octanol–water partition coefficient (Wildman–Crippen LogP) is 3.66. The Morgan fingerprint density at radius 1 is 1.42 bits per heavy atom. The molecule has 0 saturated heterocycles. The maximum absolute atomic E-state index is 12.0. The Hall–Kier alpha value is -1.35. The van der Waals surface area contributed by atoms with Crippen molar-refractivity contribution in [3.8, 4) is 0 Å². The van der Waals surface area contributed by atoms with Gasteiger partial charge in [-0.25, -0.2) is 4.98 Å². The predicted molar refractivity (Wildman–Crippen MR) is 77.5 cm³/mol. The number of rotatable bonds is 4. The molecule has 1 amide bonds. The molecule has 4 heteroatoms. The van der Waals surface area contributed by atoms with Gasteiger partial charge in [0.2, 0.25) is 0 Å². The van der Waals surface area contributed by atoms with Crippen LogP contribution >= 0.6 is 11.6 Å². The topological polar surface area (TPSA) is 42.0 Å². The maximum atomic E-state index is 12.0. The fourth-order valence-corrected chi connectivity index (χ4v) is 2.58. The Morgan fingerprint density at radius 3 is 2.95 bits per heavy atom. The Balaban J connectivity index is 1.85. The largest absolute Gasteiger partial charge is 0.352 e. The third-order valence-electron chi connectivity index (χ3n) is 3.30. The molecule has 0 radical (unpaired) electrons. The molecule has 1 N–H and O–H groups in total. The molecule has 19 heavy (non-hydrogen) atoms. The third kappa shape index (κ3) is 4.35. The summed E-state index contributed by atoms with van der Waals surface area (Å²) in [6.45, 7) is 2.51. The molecule has 0 aliphatic heterocycles. The number of carbonyl (C=O) groups excluding carboxylic acids is 1. The van der Waals surface area contributed by atoms with Crippen LogP contribution in [0, 0.1) is 6.92 Å². The van der Waals surface area contributed by atoms with E-state index in [1.807, 2.05) is 6.92 Å². The van der Waals surface area contributed by atoms with E-state index in [1.54, 1.807) is 12.1 Å². The maximum Gasteiger partial charge on any atom is 0.251 e. The molecule has 0 aromatic carbocycles. The van der Waals surface area contributed by atoms with Gasteiger partial charge in [0.15, 0.2) is 0 Å². The minimum absolute atomic E-state index is 0.0798. The first-order valence-electron chi connectivity index (χ1n) is 6.75. The molecule has 1 aromatic heterocycles. The molecule has 0 unspecified atom stereocenters. The Labute approximate surface area is 119 Å². The number of allylic oxidation sites excluding steroid dienone is 1. The summed E-state index contributed by atoms with van der Waals surface area (Å²) in [5.41, 5.74) is 2.80. The van der Waals surface area contributed by atoms with E-state index in [0.29, 0.717) is 17.3 Å².